The van der Waals surface area contributed by atoms with Gasteiger partial charge in [-0.2, -0.15) is 4.31 Å². The summed E-state index contributed by atoms with van der Waals surface area (Å²) in [5.74, 6) is 0.174. The van der Waals surface area contributed by atoms with E-state index < -0.39 is 10.0 Å². The number of rotatable bonds is 7. The van der Waals surface area contributed by atoms with Gasteiger partial charge >= 0.3 is 0 Å². The van der Waals surface area contributed by atoms with E-state index in [0.29, 0.717) is 35.2 Å². The largest absolute Gasteiger partial charge is 0.495 e. The first-order chi connectivity index (χ1) is 14.3. The number of carbonyl (C=O) groups is 1. The van der Waals surface area contributed by atoms with Gasteiger partial charge in [0.2, 0.25) is 15.9 Å². The van der Waals surface area contributed by atoms with E-state index in [1.165, 1.54) is 11.4 Å². The number of anilines is 2. The normalized spacial score (nSPS) is 14.9. The van der Waals surface area contributed by atoms with E-state index in [4.69, 9.17) is 16.3 Å². The lowest BCUT2D eigenvalue weighted by atomic mass is 10.2. The fraction of sp³-hybridized carbons (Fsp3) is 0.381. The Bertz CT molecular complexity index is 1020. The van der Waals surface area contributed by atoms with Crippen LogP contribution in [-0.4, -0.2) is 45.4 Å². The number of nitrogens with one attached hydrogen (secondary N) is 2. The molecule has 0 unspecified atom stereocenters. The third-order valence-electron chi connectivity index (χ3n) is 4.99. The Morgan fingerprint density at radius 2 is 1.90 bits per heavy atom. The Kier molecular flexibility index (Phi) is 7.23. The van der Waals surface area contributed by atoms with Crippen LogP contribution in [0.4, 0.5) is 11.4 Å². The smallest absolute Gasteiger partial charge is 0.243 e. The van der Waals surface area contributed by atoms with Gasteiger partial charge in [0.15, 0.2) is 0 Å². The van der Waals surface area contributed by atoms with Gasteiger partial charge in [0.25, 0.3) is 0 Å². The molecule has 1 aliphatic heterocycles. The van der Waals surface area contributed by atoms with E-state index in [1.54, 1.807) is 36.4 Å². The molecule has 1 amide bonds. The average molecular weight is 452 g/mol. The van der Waals surface area contributed by atoms with Crippen LogP contribution in [0.5, 0.6) is 5.75 Å². The highest BCUT2D eigenvalue weighted by atomic mass is 35.5. The van der Waals surface area contributed by atoms with Crippen LogP contribution < -0.4 is 15.4 Å². The second kappa shape index (κ2) is 9.68. The zero-order valence-corrected chi connectivity index (χ0v) is 18.6. The number of hydrogen-bond donors (Lipinski definition) is 2. The molecule has 0 atom stereocenters. The molecule has 7 nitrogen and oxygen atoms in total. The molecule has 30 heavy (non-hydrogen) atoms. The Morgan fingerprint density at radius 3 is 2.60 bits per heavy atom. The predicted molar refractivity (Wildman–Crippen MR) is 119 cm³/mol. The van der Waals surface area contributed by atoms with E-state index in [1.807, 2.05) is 6.92 Å². The lowest BCUT2D eigenvalue weighted by molar-refractivity contribution is -0.114. The van der Waals surface area contributed by atoms with Crippen LogP contribution in [0.2, 0.25) is 5.02 Å². The van der Waals surface area contributed by atoms with Crippen molar-refractivity contribution >= 4 is 38.9 Å². The number of methoxy groups -OCH3 is 1. The minimum atomic E-state index is -3.53. The van der Waals surface area contributed by atoms with Gasteiger partial charge in [0, 0.05) is 29.9 Å². The molecule has 2 N–H and O–H groups in total. The van der Waals surface area contributed by atoms with Crippen LogP contribution in [0.1, 0.15) is 24.8 Å². The number of piperidine rings is 1. The van der Waals surface area contributed by atoms with E-state index in [2.05, 4.69) is 10.6 Å². The van der Waals surface area contributed by atoms with Crippen molar-refractivity contribution in [1.82, 2.24) is 4.31 Å². The molecule has 1 saturated heterocycles. The Balaban J connectivity index is 1.66. The molecule has 1 fully saturated rings. The molecule has 0 aromatic heterocycles. The molecule has 3 rings (SSSR count). The molecule has 9 heteroatoms. The molecular formula is C21H26ClN3O4S. The van der Waals surface area contributed by atoms with Gasteiger partial charge < -0.3 is 15.4 Å². The minimum Gasteiger partial charge on any atom is -0.495 e. The molecular weight excluding hydrogens is 426 g/mol. The van der Waals surface area contributed by atoms with Crippen molar-refractivity contribution in [3.63, 3.8) is 0 Å². The Morgan fingerprint density at radius 1 is 1.17 bits per heavy atom. The number of ether oxygens (including phenoxy) is 1. The first-order valence-electron chi connectivity index (χ1n) is 9.79. The van der Waals surface area contributed by atoms with E-state index >= 15 is 0 Å². The van der Waals surface area contributed by atoms with Gasteiger partial charge in [0.1, 0.15) is 5.75 Å². The van der Waals surface area contributed by atoms with Crippen LogP contribution in [-0.2, 0) is 14.8 Å². The van der Waals surface area contributed by atoms with Crippen LogP contribution in [0.3, 0.4) is 0 Å². The lowest BCUT2D eigenvalue weighted by Crippen LogP contribution is -2.35. The maximum Gasteiger partial charge on any atom is 0.243 e. The number of benzene rings is 2. The van der Waals surface area contributed by atoms with Gasteiger partial charge in [-0.25, -0.2) is 8.42 Å². The van der Waals surface area contributed by atoms with Crippen molar-refractivity contribution in [3.8, 4) is 5.75 Å². The monoisotopic (exact) mass is 451 g/mol. The van der Waals surface area contributed by atoms with Crippen molar-refractivity contribution < 1.29 is 17.9 Å². The van der Waals surface area contributed by atoms with Crippen molar-refractivity contribution in [1.29, 1.82) is 0 Å². The summed E-state index contributed by atoms with van der Waals surface area (Å²) in [5, 5.41) is 6.32. The molecule has 162 valence electrons. The van der Waals surface area contributed by atoms with Crippen molar-refractivity contribution in [3.05, 3.63) is 47.0 Å². The molecule has 0 saturated carbocycles. The maximum absolute atomic E-state index is 12.8. The summed E-state index contributed by atoms with van der Waals surface area (Å²) in [6.07, 6.45) is 2.82. The lowest BCUT2D eigenvalue weighted by Gasteiger charge is -2.26. The Labute approximate surface area is 182 Å². The number of carbonyl (C=O) groups excluding carboxylic acids is 1. The third kappa shape index (κ3) is 5.24. The highest BCUT2D eigenvalue weighted by Crippen LogP contribution is 2.31. The summed E-state index contributed by atoms with van der Waals surface area (Å²) in [6.45, 7) is 2.90. The van der Waals surface area contributed by atoms with Gasteiger partial charge in [-0.1, -0.05) is 24.1 Å². The van der Waals surface area contributed by atoms with Crippen molar-refractivity contribution in [2.75, 3.05) is 37.4 Å². The molecule has 0 spiro atoms. The zero-order chi connectivity index (χ0) is 21.7. The highest BCUT2D eigenvalue weighted by molar-refractivity contribution is 7.89. The van der Waals surface area contributed by atoms with Gasteiger partial charge in [-0.3, -0.25) is 4.79 Å². The fourth-order valence-electron chi connectivity index (χ4n) is 3.33. The zero-order valence-electron chi connectivity index (χ0n) is 17.1. The predicted octanol–water partition coefficient (Wildman–Crippen LogP) is 3.88. The molecule has 0 bridgehead atoms. The fourth-order valence-corrected chi connectivity index (χ4v) is 5.04. The Hall–Kier alpha value is -2.29. The van der Waals surface area contributed by atoms with E-state index in [-0.39, 0.29) is 17.3 Å². The van der Waals surface area contributed by atoms with Gasteiger partial charge in [0.05, 0.1) is 24.2 Å². The molecule has 1 heterocycles. The highest BCUT2D eigenvalue weighted by Gasteiger charge is 2.26. The van der Waals surface area contributed by atoms with Crippen LogP contribution >= 0.6 is 11.6 Å². The van der Waals surface area contributed by atoms with Gasteiger partial charge in [-0.05, 0) is 49.6 Å². The van der Waals surface area contributed by atoms with Crippen molar-refractivity contribution in [2.45, 2.75) is 31.1 Å². The van der Waals surface area contributed by atoms with Crippen LogP contribution in [0.15, 0.2) is 41.3 Å². The maximum atomic E-state index is 12.8. The number of nitrogens with zero attached hydrogens (tertiary/aromatic N) is 1. The molecule has 1 aliphatic rings. The summed E-state index contributed by atoms with van der Waals surface area (Å²) >= 11 is 6.09. The number of sulfonamides is 1. The first-order valence-corrected chi connectivity index (χ1v) is 11.6. The standard InChI is InChI=1S/C21H26ClN3O4S/c1-15-11-19(20(29-2)13-18(15)22)24-21(26)14-23-16-7-6-8-17(12-16)30(27,28)25-9-4-3-5-10-25/h6-8,11-13,23H,3-5,9-10,14H2,1-2H3,(H,24,26). The second-order valence-corrected chi connectivity index (χ2v) is 9.54. The molecule has 2 aromatic carbocycles. The number of aryl methyl sites for hydroxylation is 1. The topological polar surface area (TPSA) is 87.7 Å². The average Bonchev–Trinajstić information content (AvgIpc) is 2.75. The quantitative estimate of drug-likeness (QED) is 0.666. The SMILES string of the molecule is COc1cc(Cl)c(C)cc1NC(=O)CNc1cccc(S(=O)(=O)N2CCCCC2)c1. The van der Waals surface area contributed by atoms with E-state index in [9.17, 15) is 13.2 Å². The summed E-state index contributed by atoms with van der Waals surface area (Å²) in [5.41, 5.74) is 1.89. The number of halogens is 1. The summed E-state index contributed by atoms with van der Waals surface area (Å²) in [7, 11) is -2.02. The van der Waals surface area contributed by atoms with Crippen LogP contribution in [0, 0.1) is 6.92 Å². The number of amides is 1. The minimum absolute atomic E-state index is 0.0297. The molecule has 2 aromatic rings. The summed E-state index contributed by atoms with van der Waals surface area (Å²) < 4.78 is 32.5. The van der Waals surface area contributed by atoms with Crippen LogP contribution in [0.25, 0.3) is 0 Å². The summed E-state index contributed by atoms with van der Waals surface area (Å²) in [4.78, 5) is 12.6. The number of hydrogen-bond acceptors (Lipinski definition) is 5. The first kappa shape index (κ1) is 22.4. The van der Waals surface area contributed by atoms with Crippen molar-refractivity contribution in [2.24, 2.45) is 0 Å². The third-order valence-corrected chi connectivity index (χ3v) is 7.30. The molecule has 0 radical (unpaired) electrons. The van der Waals surface area contributed by atoms with E-state index in [0.717, 1.165) is 24.8 Å². The van der Waals surface area contributed by atoms with Gasteiger partial charge in [-0.15, -0.1) is 0 Å². The summed E-state index contributed by atoms with van der Waals surface area (Å²) in [6, 6.07) is 9.93. The second-order valence-electron chi connectivity index (χ2n) is 7.20. The molecule has 0 aliphatic carbocycles.